The number of halogens is 2. The highest BCUT2D eigenvalue weighted by Crippen LogP contribution is 2.23. The van der Waals surface area contributed by atoms with Crippen molar-refractivity contribution in [3.8, 4) is 0 Å². The Bertz CT molecular complexity index is 263. The summed E-state index contributed by atoms with van der Waals surface area (Å²) in [6.07, 6.45) is 0. The normalized spacial score (nSPS) is 9.64. The Hall–Kier alpha value is -0.170. The summed E-state index contributed by atoms with van der Waals surface area (Å²) in [7, 11) is 0. The summed E-state index contributed by atoms with van der Waals surface area (Å²) in [4.78, 5) is 10.5. The summed E-state index contributed by atoms with van der Waals surface area (Å²) in [5.74, 6) is -0.596. The predicted octanol–water partition coefficient (Wildman–Crippen LogP) is 2.26. The third-order valence-corrected chi connectivity index (χ3v) is 3.06. The first-order chi connectivity index (χ1) is 5.24. The van der Waals surface area contributed by atoms with E-state index in [0.717, 1.165) is 2.88 Å². The second-order valence-electron chi connectivity index (χ2n) is 1.79. The Balaban J connectivity index is 2.64. The van der Waals surface area contributed by atoms with Gasteiger partial charge in [-0.15, -0.1) is 11.3 Å². The average Bonchev–Trinajstić information content (AvgIpc) is 2.37. The lowest BCUT2D eigenvalue weighted by Crippen LogP contribution is -2.12. The quantitative estimate of drug-likeness (QED) is 0.830. The number of rotatable bonds is 2. The molecule has 5 heteroatoms. The number of amides is 1. The second-order valence-corrected chi connectivity index (χ2v) is 4.52. The maximum absolute atomic E-state index is 11.7. The van der Waals surface area contributed by atoms with Crippen molar-refractivity contribution < 1.29 is 9.18 Å². The van der Waals surface area contributed by atoms with Gasteiger partial charge >= 0.3 is 0 Å². The lowest BCUT2D eigenvalue weighted by molar-refractivity contribution is -0.117. The summed E-state index contributed by atoms with van der Waals surface area (Å²) in [5, 5.41) is 4.27. The SMILES string of the molecule is O=C(CF)Nc1ccsc1I. The zero-order valence-corrected chi connectivity index (χ0v) is 8.41. The molecule has 0 unspecified atom stereocenters. The predicted molar refractivity (Wildman–Crippen MR) is 51.6 cm³/mol. The van der Waals surface area contributed by atoms with Crippen LogP contribution in [-0.4, -0.2) is 12.6 Å². The molecule has 1 amide bonds. The van der Waals surface area contributed by atoms with Gasteiger partial charge in [-0.3, -0.25) is 4.79 Å². The van der Waals surface area contributed by atoms with E-state index in [-0.39, 0.29) is 0 Å². The Morgan fingerprint density at radius 1 is 1.82 bits per heavy atom. The Morgan fingerprint density at radius 2 is 2.55 bits per heavy atom. The first-order valence-corrected chi connectivity index (χ1v) is 4.78. The van der Waals surface area contributed by atoms with Gasteiger partial charge in [0.05, 0.1) is 8.57 Å². The van der Waals surface area contributed by atoms with E-state index in [1.807, 2.05) is 5.38 Å². The van der Waals surface area contributed by atoms with Crippen LogP contribution in [-0.2, 0) is 4.79 Å². The van der Waals surface area contributed by atoms with Crippen molar-refractivity contribution in [3.05, 3.63) is 14.3 Å². The molecule has 2 nitrogen and oxygen atoms in total. The molecule has 0 spiro atoms. The number of nitrogens with one attached hydrogen (secondary N) is 1. The van der Waals surface area contributed by atoms with Crippen molar-refractivity contribution in [1.82, 2.24) is 0 Å². The number of carbonyl (C=O) groups is 1. The van der Waals surface area contributed by atoms with E-state index in [1.54, 1.807) is 6.07 Å². The van der Waals surface area contributed by atoms with Crippen LogP contribution in [0.3, 0.4) is 0 Å². The second kappa shape index (κ2) is 4.01. The molecule has 0 bridgehead atoms. The molecule has 0 fully saturated rings. The number of thiophene rings is 1. The van der Waals surface area contributed by atoms with Crippen molar-refractivity contribution in [2.45, 2.75) is 0 Å². The molecule has 0 aliphatic rings. The fourth-order valence-electron chi connectivity index (χ4n) is 0.565. The third-order valence-electron chi connectivity index (χ3n) is 1.01. The van der Waals surface area contributed by atoms with E-state index < -0.39 is 12.6 Å². The Labute approximate surface area is 80.9 Å². The van der Waals surface area contributed by atoms with Crippen molar-refractivity contribution >= 4 is 45.5 Å². The lowest BCUT2D eigenvalue weighted by atomic mass is 10.5. The van der Waals surface area contributed by atoms with Gasteiger partial charge in [-0.25, -0.2) is 4.39 Å². The van der Waals surface area contributed by atoms with Crippen molar-refractivity contribution in [2.24, 2.45) is 0 Å². The smallest absolute Gasteiger partial charge is 0.255 e. The molecule has 1 aromatic heterocycles. The zero-order valence-electron chi connectivity index (χ0n) is 5.43. The summed E-state index contributed by atoms with van der Waals surface area (Å²) in [6, 6.07) is 1.75. The summed E-state index contributed by atoms with van der Waals surface area (Å²) < 4.78 is 12.7. The molecule has 0 aromatic carbocycles. The molecule has 1 rings (SSSR count). The van der Waals surface area contributed by atoms with Crippen molar-refractivity contribution in [1.29, 1.82) is 0 Å². The minimum Gasteiger partial charge on any atom is -0.322 e. The molecule has 0 aliphatic carbocycles. The van der Waals surface area contributed by atoms with Gasteiger partial charge in [-0.05, 0) is 34.0 Å². The van der Waals surface area contributed by atoms with Gasteiger partial charge in [0.2, 0.25) is 0 Å². The first kappa shape index (κ1) is 8.92. The maximum Gasteiger partial charge on any atom is 0.255 e. The third kappa shape index (κ3) is 2.41. The highest BCUT2D eigenvalue weighted by molar-refractivity contribution is 14.1. The molecule has 0 radical (unpaired) electrons. The fourth-order valence-corrected chi connectivity index (χ4v) is 1.89. The topological polar surface area (TPSA) is 29.1 Å². The average molecular weight is 285 g/mol. The van der Waals surface area contributed by atoms with E-state index >= 15 is 0 Å². The largest absolute Gasteiger partial charge is 0.322 e. The van der Waals surface area contributed by atoms with Crippen LogP contribution >= 0.6 is 33.9 Å². The molecule has 0 saturated carbocycles. The molecule has 1 aromatic rings. The number of carbonyl (C=O) groups excluding carboxylic acids is 1. The molecule has 0 saturated heterocycles. The van der Waals surface area contributed by atoms with Crippen LogP contribution in [0.25, 0.3) is 0 Å². The van der Waals surface area contributed by atoms with Gasteiger partial charge in [-0.1, -0.05) is 0 Å². The molecule has 1 heterocycles. The van der Waals surface area contributed by atoms with Gasteiger partial charge in [-0.2, -0.15) is 0 Å². The van der Waals surface area contributed by atoms with E-state index in [1.165, 1.54) is 11.3 Å². The van der Waals surface area contributed by atoms with Crippen LogP contribution < -0.4 is 5.32 Å². The van der Waals surface area contributed by atoms with Crippen molar-refractivity contribution in [2.75, 3.05) is 12.0 Å². The highest BCUT2D eigenvalue weighted by Gasteiger charge is 2.04. The Kier molecular flexibility index (Phi) is 3.25. The number of alkyl halides is 1. The fraction of sp³-hybridized carbons (Fsp3) is 0.167. The standard InChI is InChI=1S/C6H5FINOS/c7-3-5(10)9-4-1-2-11-6(4)8/h1-2H,3H2,(H,9,10). The van der Waals surface area contributed by atoms with Gasteiger partial charge in [0.1, 0.15) is 0 Å². The molecular formula is C6H5FINOS. The number of hydrogen-bond acceptors (Lipinski definition) is 2. The van der Waals surface area contributed by atoms with E-state index in [9.17, 15) is 9.18 Å². The van der Waals surface area contributed by atoms with Gasteiger partial charge in [0.25, 0.3) is 5.91 Å². The van der Waals surface area contributed by atoms with Gasteiger partial charge < -0.3 is 5.32 Å². The zero-order chi connectivity index (χ0) is 8.27. The summed E-state index contributed by atoms with van der Waals surface area (Å²) >= 11 is 3.59. The molecule has 0 aliphatic heterocycles. The monoisotopic (exact) mass is 285 g/mol. The van der Waals surface area contributed by atoms with Crippen LogP contribution in [0.2, 0.25) is 0 Å². The minimum atomic E-state index is -0.966. The van der Waals surface area contributed by atoms with Crippen molar-refractivity contribution in [3.63, 3.8) is 0 Å². The molecule has 0 atom stereocenters. The van der Waals surface area contributed by atoms with Crippen LogP contribution in [0, 0.1) is 2.88 Å². The van der Waals surface area contributed by atoms with E-state index in [4.69, 9.17) is 0 Å². The molecule has 60 valence electrons. The van der Waals surface area contributed by atoms with Crippen LogP contribution in [0.4, 0.5) is 10.1 Å². The first-order valence-electron chi connectivity index (χ1n) is 2.83. The highest BCUT2D eigenvalue weighted by atomic mass is 127. The van der Waals surface area contributed by atoms with Crippen LogP contribution in [0.1, 0.15) is 0 Å². The minimum absolute atomic E-state index is 0.596. The summed E-state index contributed by atoms with van der Waals surface area (Å²) in [6.45, 7) is -0.966. The van der Waals surface area contributed by atoms with Gasteiger partial charge in [0.15, 0.2) is 6.67 Å². The summed E-state index contributed by atoms with van der Waals surface area (Å²) in [5.41, 5.74) is 0.693. The maximum atomic E-state index is 11.7. The Morgan fingerprint density at radius 3 is 3.00 bits per heavy atom. The molecule has 1 N–H and O–H groups in total. The van der Waals surface area contributed by atoms with Crippen LogP contribution in [0.15, 0.2) is 11.4 Å². The molecular weight excluding hydrogens is 280 g/mol. The lowest BCUT2D eigenvalue weighted by Gasteiger charge is -1.97. The van der Waals surface area contributed by atoms with E-state index in [0.29, 0.717) is 5.69 Å². The van der Waals surface area contributed by atoms with Gasteiger partial charge in [0, 0.05) is 0 Å². The van der Waals surface area contributed by atoms with E-state index in [2.05, 4.69) is 27.9 Å². The number of anilines is 1. The van der Waals surface area contributed by atoms with Crippen LogP contribution in [0.5, 0.6) is 0 Å². The number of hydrogen-bond donors (Lipinski definition) is 1. The molecule has 11 heavy (non-hydrogen) atoms.